The summed E-state index contributed by atoms with van der Waals surface area (Å²) in [5.74, 6) is 0.420. The maximum atomic E-state index is 13.5. The standard InChI is InChI=1S/C25H29N3O2/c1-3-27(21-12-8-5-9-13-21)22(29)18-28-24(30)23(20-10-6-4-7-11-20)26-25(28)16-14-19(2)15-17-25/h4-13,19H,3,14-18H2,1-2H3. The van der Waals surface area contributed by atoms with Gasteiger partial charge in [0.2, 0.25) is 5.91 Å². The molecule has 0 saturated heterocycles. The van der Waals surface area contributed by atoms with Gasteiger partial charge in [0.1, 0.15) is 17.9 Å². The number of carbonyl (C=O) groups is 2. The van der Waals surface area contributed by atoms with Crippen molar-refractivity contribution in [1.29, 1.82) is 0 Å². The number of benzene rings is 2. The molecule has 2 amide bonds. The molecule has 30 heavy (non-hydrogen) atoms. The van der Waals surface area contributed by atoms with Crippen LogP contribution in [0.3, 0.4) is 0 Å². The molecule has 0 radical (unpaired) electrons. The van der Waals surface area contributed by atoms with E-state index in [1.807, 2.05) is 67.6 Å². The zero-order valence-electron chi connectivity index (χ0n) is 17.8. The molecular formula is C25H29N3O2. The summed E-state index contributed by atoms with van der Waals surface area (Å²) in [7, 11) is 0. The Morgan fingerprint density at radius 2 is 1.67 bits per heavy atom. The van der Waals surface area contributed by atoms with Crippen LogP contribution in [0.1, 0.15) is 45.1 Å². The van der Waals surface area contributed by atoms with E-state index in [1.165, 1.54) is 0 Å². The maximum Gasteiger partial charge on any atom is 0.275 e. The van der Waals surface area contributed by atoms with Gasteiger partial charge in [0.15, 0.2) is 0 Å². The van der Waals surface area contributed by atoms with Gasteiger partial charge < -0.3 is 9.80 Å². The summed E-state index contributed by atoms with van der Waals surface area (Å²) in [6.45, 7) is 4.81. The second-order valence-corrected chi connectivity index (χ2v) is 8.36. The first kappa shape index (κ1) is 20.3. The fourth-order valence-electron chi connectivity index (χ4n) is 4.57. The van der Waals surface area contributed by atoms with Gasteiger partial charge in [0, 0.05) is 17.8 Å². The molecule has 156 valence electrons. The minimum absolute atomic E-state index is 0.0514. The lowest BCUT2D eigenvalue weighted by molar-refractivity contribution is -0.135. The van der Waals surface area contributed by atoms with Crippen LogP contribution in [-0.4, -0.2) is 41.2 Å². The average molecular weight is 404 g/mol. The Morgan fingerprint density at radius 3 is 2.27 bits per heavy atom. The van der Waals surface area contributed by atoms with E-state index >= 15 is 0 Å². The van der Waals surface area contributed by atoms with Gasteiger partial charge >= 0.3 is 0 Å². The van der Waals surface area contributed by atoms with E-state index < -0.39 is 5.66 Å². The summed E-state index contributed by atoms with van der Waals surface area (Å²) in [6, 6.07) is 19.2. The van der Waals surface area contributed by atoms with Crippen molar-refractivity contribution in [1.82, 2.24) is 4.90 Å². The number of aliphatic imine (C=N–C) groups is 1. The number of hydrogen-bond acceptors (Lipinski definition) is 3. The third-order valence-corrected chi connectivity index (χ3v) is 6.37. The summed E-state index contributed by atoms with van der Waals surface area (Å²) in [5, 5.41) is 0. The van der Waals surface area contributed by atoms with Crippen molar-refractivity contribution in [2.24, 2.45) is 10.9 Å². The molecule has 0 bridgehead atoms. The topological polar surface area (TPSA) is 53.0 Å². The van der Waals surface area contributed by atoms with Gasteiger partial charge in [-0.1, -0.05) is 55.5 Å². The molecule has 1 spiro atoms. The number of para-hydroxylation sites is 1. The molecule has 5 heteroatoms. The molecule has 1 aliphatic carbocycles. The van der Waals surface area contributed by atoms with Crippen LogP contribution in [0.5, 0.6) is 0 Å². The van der Waals surface area contributed by atoms with E-state index in [0.717, 1.165) is 36.9 Å². The number of hydrogen-bond donors (Lipinski definition) is 0. The highest BCUT2D eigenvalue weighted by Gasteiger charge is 2.49. The van der Waals surface area contributed by atoms with Crippen molar-refractivity contribution in [3.05, 3.63) is 66.2 Å². The van der Waals surface area contributed by atoms with Crippen LogP contribution in [0.2, 0.25) is 0 Å². The van der Waals surface area contributed by atoms with Crippen LogP contribution in [0.4, 0.5) is 5.69 Å². The number of anilines is 1. The van der Waals surface area contributed by atoms with Crippen molar-refractivity contribution >= 4 is 23.2 Å². The van der Waals surface area contributed by atoms with E-state index in [-0.39, 0.29) is 18.4 Å². The van der Waals surface area contributed by atoms with Crippen molar-refractivity contribution in [3.8, 4) is 0 Å². The summed E-state index contributed by atoms with van der Waals surface area (Å²) < 4.78 is 0. The van der Waals surface area contributed by atoms with Crippen molar-refractivity contribution < 1.29 is 9.59 Å². The molecule has 4 rings (SSSR count). The fourth-order valence-corrected chi connectivity index (χ4v) is 4.57. The quantitative estimate of drug-likeness (QED) is 0.748. The molecule has 2 aliphatic rings. The van der Waals surface area contributed by atoms with E-state index in [1.54, 1.807) is 9.80 Å². The SMILES string of the molecule is CCN(C(=O)CN1C(=O)C(c2ccccc2)=NC12CCC(C)CC2)c1ccccc1. The molecular weight excluding hydrogens is 374 g/mol. The van der Waals surface area contributed by atoms with Gasteiger partial charge in [-0.05, 0) is 50.7 Å². The first-order valence-electron chi connectivity index (χ1n) is 10.9. The van der Waals surface area contributed by atoms with Gasteiger partial charge in [-0.15, -0.1) is 0 Å². The van der Waals surface area contributed by atoms with E-state index in [2.05, 4.69) is 6.92 Å². The molecule has 0 aromatic heterocycles. The third kappa shape index (κ3) is 3.76. The predicted octanol–water partition coefficient (Wildman–Crippen LogP) is 4.28. The van der Waals surface area contributed by atoms with Gasteiger partial charge in [-0.25, -0.2) is 0 Å². The van der Waals surface area contributed by atoms with Crippen LogP contribution >= 0.6 is 0 Å². The highest BCUT2D eigenvalue weighted by Crippen LogP contribution is 2.41. The fraction of sp³-hybridized carbons (Fsp3) is 0.400. The molecule has 0 N–H and O–H groups in total. The Hall–Kier alpha value is -2.95. The summed E-state index contributed by atoms with van der Waals surface area (Å²) >= 11 is 0. The first-order chi connectivity index (χ1) is 14.5. The van der Waals surface area contributed by atoms with Crippen LogP contribution in [0, 0.1) is 5.92 Å². The normalized spacial score (nSPS) is 23.5. The minimum Gasteiger partial charge on any atom is -0.311 e. The monoisotopic (exact) mass is 403 g/mol. The minimum atomic E-state index is -0.597. The second-order valence-electron chi connectivity index (χ2n) is 8.36. The molecule has 0 atom stereocenters. The number of carbonyl (C=O) groups excluding carboxylic acids is 2. The van der Waals surface area contributed by atoms with Crippen LogP contribution in [-0.2, 0) is 9.59 Å². The summed E-state index contributed by atoms with van der Waals surface area (Å²) in [6.07, 6.45) is 3.64. The van der Waals surface area contributed by atoms with Crippen LogP contribution in [0.25, 0.3) is 0 Å². The number of rotatable bonds is 5. The highest BCUT2D eigenvalue weighted by molar-refractivity contribution is 6.47. The lowest BCUT2D eigenvalue weighted by Crippen LogP contribution is -2.53. The lowest BCUT2D eigenvalue weighted by atomic mass is 9.82. The van der Waals surface area contributed by atoms with Gasteiger partial charge in [-0.2, -0.15) is 0 Å². The van der Waals surface area contributed by atoms with E-state index in [4.69, 9.17) is 4.99 Å². The van der Waals surface area contributed by atoms with Crippen molar-refractivity contribution in [3.63, 3.8) is 0 Å². The van der Waals surface area contributed by atoms with Crippen LogP contribution < -0.4 is 4.90 Å². The zero-order chi connectivity index (χ0) is 21.1. The van der Waals surface area contributed by atoms with Gasteiger partial charge in [-0.3, -0.25) is 14.6 Å². The zero-order valence-corrected chi connectivity index (χ0v) is 17.8. The summed E-state index contributed by atoms with van der Waals surface area (Å²) in [5.41, 5.74) is 1.57. The van der Waals surface area contributed by atoms with Crippen molar-refractivity contribution in [2.75, 3.05) is 18.0 Å². The molecule has 1 aliphatic heterocycles. The molecule has 2 aromatic rings. The maximum absolute atomic E-state index is 13.5. The number of amides is 2. The summed E-state index contributed by atoms with van der Waals surface area (Å²) in [4.78, 5) is 35.2. The predicted molar refractivity (Wildman–Crippen MR) is 120 cm³/mol. The van der Waals surface area contributed by atoms with Crippen molar-refractivity contribution in [2.45, 2.75) is 45.2 Å². The molecule has 5 nitrogen and oxygen atoms in total. The van der Waals surface area contributed by atoms with Gasteiger partial charge in [0.25, 0.3) is 5.91 Å². The Kier molecular flexibility index (Phi) is 5.71. The molecule has 1 fully saturated rings. The van der Waals surface area contributed by atoms with E-state index in [0.29, 0.717) is 18.2 Å². The molecule has 2 aromatic carbocycles. The molecule has 0 unspecified atom stereocenters. The third-order valence-electron chi connectivity index (χ3n) is 6.37. The Labute approximate surface area is 178 Å². The Balaban J connectivity index is 1.64. The largest absolute Gasteiger partial charge is 0.311 e. The first-order valence-corrected chi connectivity index (χ1v) is 10.9. The Morgan fingerprint density at radius 1 is 1.07 bits per heavy atom. The average Bonchev–Trinajstić information content (AvgIpc) is 3.04. The highest BCUT2D eigenvalue weighted by atomic mass is 16.2. The molecule has 1 saturated carbocycles. The number of nitrogens with zero attached hydrogens (tertiary/aromatic N) is 3. The van der Waals surface area contributed by atoms with E-state index in [9.17, 15) is 9.59 Å². The second kappa shape index (κ2) is 8.42. The number of likely N-dealkylation sites (N-methyl/N-ethyl adjacent to an activating group) is 1. The van der Waals surface area contributed by atoms with Crippen LogP contribution in [0.15, 0.2) is 65.7 Å². The smallest absolute Gasteiger partial charge is 0.275 e. The van der Waals surface area contributed by atoms with Gasteiger partial charge in [0.05, 0.1) is 0 Å². The molecule has 1 heterocycles. The Bertz CT molecular complexity index is 931. The lowest BCUT2D eigenvalue weighted by Gasteiger charge is -2.41.